The molecule has 0 spiro atoms. The second-order valence-corrected chi connectivity index (χ2v) is 16.2. The van der Waals surface area contributed by atoms with Crippen molar-refractivity contribution in [2.24, 2.45) is 7.05 Å². The van der Waals surface area contributed by atoms with Crippen molar-refractivity contribution in [3.05, 3.63) is 84.6 Å². The van der Waals surface area contributed by atoms with Crippen LogP contribution in [0.3, 0.4) is 0 Å². The molecule has 0 saturated carbocycles. The van der Waals surface area contributed by atoms with E-state index in [1.807, 2.05) is 0 Å². The first-order chi connectivity index (χ1) is 15.7. The number of aryl methyl sites for hydroxylation is 2. The number of fused-ring (bicyclic) bond motifs is 1. The topological polar surface area (TPSA) is 3.88 Å². The van der Waals surface area contributed by atoms with Crippen molar-refractivity contribution in [3.63, 3.8) is 0 Å². The fourth-order valence-electron chi connectivity index (χ4n) is 5.84. The van der Waals surface area contributed by atoms with E-state index in [2.05, 4.69) is 132 Å². The summed E-state index contributed by atoms with van der Waals surface area (Å²) in [6.45, 7) is 14.4. The predicted molar refractivity (Wildman–Crippen MR) is 147 cm³/mol. The Hall–Kier alpha value is -2.71. The summed E-state index contributed by atoms with van der Waals surface area (Å²) < 4.78 is 2.28. The van der Waals surface area contributed by atoms with Crippen LogP contribution in [-0.4, -0.2) is 8.07 Å². The summed E-state index contributed by atoms with van der Waals surface area (Å²) in [6, 6.07) is 29.8. The third-order valence-electron chi connectivity index (χ3n) is 7.93. The molecule has 0 saturated heterocycles. The largest absolute Gasteiger partial charge is 0.220 e. The molecule has 0 N–H and O–H groups in total. The fourth-order valence-corrected chi connectivity index (χ4v) is 11.0. The second-order valence-electron chi connectivity index (χ2n) is 10.5. The molecule has 1 heterocycles. The minimum atomic E-state index is -1.62. The summed E-state index contributed by atoms with van der Waals surface area (Å²) in [5, 5.41) is 4.63. The molecular weight excluding hydrogens is 414 g/mol. The highest BCUT2D eigenvalue weighted by molar-refractivity contribution is 6.94. The lowest BCUT2D eigenvalue weighted by Crippen LogP contribution is -2.53. The van der Waals surface area contributed by atoms with Gasteiger partial charge in [-0.05, 0) is 46.2 Å². The Bertz CT molecular complexity index is 1280. The van der Waals surface area contributed by atoms with Crippen molar-refractivity contribution in [1.82, 2.24) is 0 Å². The molecule has 1 aromatic heterocycles. The van der Waals surface area contributed by atoms with Crippen molar-refractivity contribution in [3.8, 4) is 22.4 Å². The third-order valence-corrected chi connectivity index (χ3v) is 14.6. The van der Waals surface area contributed by atoms with Crippen molar-refractivity contribution < 1.29 is 4.57 Å². The van der Waals surface area contributed by atoms with Crippen LogP contribution in [0.2, 0.25) is 17.1 Å². The molecule has 3 aromatic carbocycles. The van der Waals surface area contributed by atoms with Gasteiger partial charge >= 0.3 is 0 Å². The maximum Gasteiger partial charge on any atom is 0.220 e. The van der Waals surface area contributed by atoms with Gasteiger partial charge in [0.2, 0.25) is 5.69 Å². The summed E-state index contributed by atoms with van der Waals surface area (Å²) in [7, 11) is 0.551. The summed E-state index contributed by atoms with van der Waals surface area (Å²) in [6.07, 6.45) is 2.23. The molecular formula is C31H38NSi+. The number of benzene rings is 3. The first kappa shape index (κ1) is 23.4. The quantitative estimate of drug-likeness (QED) is 0.215. The Labute approximate surface area is 201 Å². The standard InChI is InChI=1S/C31H38NSi/c1-8-33(9-2,31(4,5)6)27-17-18-28-26(21-27)19-20-32(7)30(28)29-22-25(16-15-23(29)3)24-13-11-10-12-14-24/h10-22H,8-9H2,1-7H3/q+1. The lowest BCUT2D eigenvalue weighted by atomic mass is 9.95. The number of aromatic nitrogens is 1. The van der Waals surface area contributed by atoms with Gasteiger partial charge in [-0.15, -0.1) is 0 Å². The van der Waals surface area contributed by atoms with Crippen molar-refractivity contribution >= 4 is 24.0 Å². The minimum absolute atomic E-state index is 0.340. The van der Waals surface area contributed by atoms with Crippen LogP contribution < -0.4 is 9.75 Å². The first-order valence-corrected chi connectivity index (χ1v) is 14.7. The van der Waals surface area contributed by atoms with Gasteiger partial charge in [0.05, 0.1) is 19.0 Å². The van der Waals surface area contributed by atoms with E-state index in [1.54, 1.807) is 5.19 Å². The maximum absolute atomic E-state index is 2.51. The van der Waals surface area contributed by atoms with Crippen LogP contribution >= 0.6 is 0 Å². The fraction of sp³-hybridized carbons (Fsp3) is 0.323. The van der Waals surface area contributed by atoms with Gasteiger partial charge in [0.1, 0.15) is 7.05 Å². The number of hydrogen-bond acceptors (Lipinski definition) is 0. The van der Waals surface area contributed by atoms with E-state index in [4.69, 9.17) is 0 Å². The zero-order valence-electron chi connectivity index (χ0n) is 21.4. The molecule has 0 amide bonds. The van der Waals surface area contributed by atoms with E-state index in [1.165, 1.54) is 50.8 Å². The van der Waals surface area contributed by atoms with Crippen LogP contribution in [0.5, 0.6) is 0 Å². The van der Waals surface area contributed by atoms with Gasteiger partial charge in [-0.2, -0.15) is 0 Å². The third kappa shape index (κ3) is 4.06. The summed E-state index contributed by atoms with van der Waals surface area (Å²) in [5.41, 5.74) is 6.44. The van der Waals surface area contributed by atoms with Gasteiger partial charge in [-0.25, -0.2) is 4.57 Å². The van der Waals surface area contributed by atoms with Crippen LogP contribution in [0.15, 0.2) is 79.0 Å². The normalized spacial score (nSPS) is 12.3. The average molecular weight is 453 g/mol. The van der Waals surface area contributed by atoms with E-state index in [9.17, 15) is 0 Å². The summed E-state index contributed by atoms with van der Waals surface area (Å²) in [5.74, 6) is 0. The molecule has 0 bridgehead atoms. The van der Waals surface area contributed by atoms with Gasteiger partial charge in [-0.1, -0.05) is 106 Å². The van der Waals surface area contributed by atoms with Gasteiger partial charge in [0, 0.05) is 6.07 Å². The summed E-state index contributed by atoms with van der Waals surface area (Å²) >= 11 is 0. The minimum Gasteiger partial charge on any atom is -0.200 e. The summed E-state index contributed by atoms with van der Waals surface area (Å²) in [4.78, 5) is 0. The molecule has 4 aromatic rings. The Kier molecular flexibility index (Phi) is 6.33. The van der Waals surface area contributed by atoms with E-state index in [0.29, 0.717) is 5.04 Å². The Morgan fingerprint density at radius 3 is 2.12 bits per heavy atom. The van der Waals surface area contributed by atoms with Crippen molar-refractivity contribution in [2.75, 3.05) is 0 Å². The monoisotopic (exact) mass is 452 g/mol. The molecule has 0 unspecified atom stereocenters. The van der Waals surface area contributed by atoms with E-state index in [0.717, 1.165) is 0 Å². The van der Waals surface area contributed by atoms with Crippen molar-refractivity contribution in [2.45, 2.75) is 58.7 Å². The number of pyridine rings is 1. The maximum atomic E-state index is 2.51. The van der Waals surface area contributed by atoms with Crippen LogP contribution in [0.4, 0.5) is 0 Å². The van der Waals surface area contributed by atoms with Crippen molar-refractivity contribution in [1.29, 1.82) is 0 Å². The van der Waals surface area contributed by atoms with Crippen LogP contribution in [0, 0.1) is 6.92 Å². The number of nitrogens with zero attached hydrogens (tertiary/aromatic N) is 1. The molecule has 2 heteroatoms. The van der Waals surface area contributed by atoms with Gasteiger partial charge in [0.25, 0.3) is 0 Å². The highest BCUT2D eigenvalue weighted by Gasteiger charge is 2.42. The Morgan fingerprint density at radius 1 is 0.788 bits per heavy atom. The highest BCUT2D eigenvalue weighted by atomic mass is 28.3. The lowest BCUT2D eigenvalue weighted by molar-refractivity contribution is -0.659. The van der Waals surface area contributed by atoms with E-state index < -0.39 is 8.07 Å². The van der Waals surface area contributed by atoms with E-state index in [-0.39, 0.29) is 0 Å². The molecule has 0 fully saturated rings. The Balaban J connectivity index is 1.93. The van der Waals surface area contributed by atoms with Gasteiger partial charge < -0.3 is 0 Å². The van der Waals surface area contributed by atoms with Gasteiger partial charge in [0.15, 0.2) is 6.20 Å². The average Bonchev–Trinajstić information content (AvgIpc) is 2.80. The first-order valence-electron chi connectivity index (χ1n) is 12.3. The molecule has 0 aliphatic rings. The zero-order chi connectivity index (χ0) is 23.8. The SMILES string of the molecule is CC[Si](CC)(c1ccc2c(-c3cc(-c4ccccc4)ccc3C)[n+](C)ccc2c1)C(C)(C)C. The van der Waals surface area contributed by atoms with Crippen LogP contribution in [0.25, 0.3) is 33.2 Å². The number of rotatable bonds is 5. The second kappa shape index (κ2) is 8.91. The molecule has 170 valence electrons. The smallest absolute Gasteiger partial charge is 0.200 e. The molecule has 4 rings (SSSR count). The molecule has 0 radical (unpaired) electrons. The molecule has 0 atom stereocenters. The Morgan fingerprint density at radius 2 is 1.48 bits per heavy atom. The zero-order valence-corrected chi connectivity index (χ0v) is 22.4. The van der Waals surface area contributed by atoms with Crippen LogP contribution in [-0.2, 0) is 7.05 Å². The molecule has 1 nitrogen and oxygen atoms in total. The molecule has 33 heavy (non-hydrogen) atoms. The van der Waals surface area contributed by atoms with Crippen LogP contribution in [0.1, 0.15) is 40.2 Å². The highest BCUT2D eigenvalue weighted by Crippen LogP contribution is 2.41. The van der Waals surface area contributed by atoms with Gasteiger partial charge in [-0.3, -0.25) is 0 Å². The molecule has 0 aliphatic carbocycles. The predicted octanol–water partition coefficient (Wildman–Crippen LogP) is 7.80. The lowest BCUT2D eigenvalue weighted by Gasteiger charge is -2.42. The van der Waals surface area contributed by atoms with E-state index >= 15 is 0 Å². The number of hydrogen-bond donors (Lipinski definition) is 0. The molecule has 0 aliphatic heterocycles.